The number of nitrogens with one attached hydrogen (secondary N) is 1. The highest BCUT2D eigenvalue weighted by Crippen LogP contribution is 2.16. The summed E-state index contributed by atoms with van der Waals surface area (Å²) in [7, 11) is 1.65. The van der Waals surface area contributed by atoms with E-state index < -0.39 is 11.6 Å². The van der Waals surface area contributed by atoms with E-state index in [4.69, 9.17) is 4.74 Å². The molecule has 0 radical (unpaired) electrons. The summed E-state index contributed by atoms with van der Waals surface area (Å²) in [6, 6.07) is 11.3. The molecule has 0 spiro atoms. The van der Waals surface area contributed by atoms with Gasteiger partial charge in [-0.25, -0.2) is 8.78 Å². The van der Waals surface area contributed by atoms with Gasteiger partial charge in [0.1, 0.15) is 11.6 Å². The predicted octanol–water partition coefficient (Wildman–Crippen LogP) is 3.72. The van der Waals surface area contributed by atoms with Gasteiger partial charge in [-0.3, -0.25) is 0 Å². The largest absolute Gasteiger partial charge is 0.380 e. The Morgan fingerprint density at radius 2 is 1.68 bits per heavy atom. The Balaban J connectivity index is 1.98. The number of anilines is 1. The summed E-state index contributed by atoms with van der Waals surface area (Å²) in [6.07, 6.45) is 0. The molecule has 2 aromatic carbocycles. The van der Waals surface area contributed by atoms with Gasteiger partial charge in [0.25, 0.3) is 0 Å². The second kappa shape index (κ2) is 6.29. The average molecular weight is 263 g/mol. The molecule has 0 aliphatic rings. The zero-order valence-corrected chi connectivity index (χ0v) is 10.6. The molecule has 0 amide bonds. The van der Waals surface area contributed by atoms with Gasteiger partial charge < -0.3 is 10.1 Å². The van der Waals surface area contributed by atoms with Crippen molar-refractivity contribution < 1.29 is 13.5 Å². The van der Waals surface area contributed by atoms with Crippen LogP contribution in [-0.2, 0) is 17.9 Å². The standard InChI is InChI=1S/C15H15F2NO/c1-19-10-12-4-2-11(3-5-12)9-18-15-7-6-13(16)8-14(15)17/h2-8,18H,9-10H2,1H3. The molecule has 0 unspecified atom stereocenters. The van der Waals surface area contributed by atoms with Crippen molar-refractivity contribution in [2.24, 2.45) is 0 Å². The van der Waals surface area contributed by atoms with E-state index in [1.807, 2.05) is 24.3 Å². The minimum Gasteiger partial charge on any atom is -0.380 e. The fraction of sp³-hybridized carbons (Fsp3) is 0.200. The van der Waals surface area contributed by atoms with Crippen LogP contribution in [0.5, 0.6) is 0 Å². The molecule has 0 aromatic heterocycles. The third kappa shape index (κ3) is 3.76. The fourth-order valence-electron chi connectivity index (χ4n) is 1.75. The van der Waals surface area contributed by atoms with Crippen LogP contribution in [0, 0.1) is 11.6 Å². The second-order valence-electron chi connectivity index (χ2n) is 4.23. The van der Waals surface area contributed by atoms with Gasteiger partial charge in [0.2, 0.25) is 0 Å². The smallest absolute Gasteiger partial charge is 0.149 e. The van der Waals surface area contributed by atoms with E-state index in [2.05, 4.69) is 5.32 Å². The van der Waals surface area contributed by atoms with Crippen LogP contribution >= 0.6 is 0 Å². The van der Waals surface area contributed by atoms with E-state index in [0.717, 1.165) is 17.2 Å². The first-order valence-electron chi connectivity index (χ1n) is 5.94. The van der Waals surface area contributed by atoms with Crippen molar-refractivity contribution in [3.63, 3.8) is 0 Å². The van der Waals surface area contributed by atoms with Crippen molar-refractivity contribution in [3.05, 3.63) is 65.2 Å². The van der Waals surface area contributed by atoms with Crippen LogP contribution in [0.1, 0.15) is 11.1 Å². The van der Waals surface area contributed by atoms with E-state index in [0.29, 0.717) is 18.8 Å². The van der Waals surface area contributed by atoms with Gasteiger partial charge in [-0.05, 0) is 23.3 Å². The number of methoxy groups -OCH3 is 1. The summed E-state index contributed by atoms with van der Waals surface area (Å²) >= 11 is 0. The van der Waals surface area contributed by atoms with Crippen LogP contribution < -0.4 is 5.32 Å². The molecule has 0 aliphatic carbocycles. The van der Waals surface area contributed by atoms with E-state index in [1.165, 1.54) is 12.1 Å². The first-order chi connectivity index (χ1) is 9.19. The number of halogens is 2. The summed E-state index contributed by atoms with van der Waals surface area (Å²) in [5.41, 5.74) is 2.39. The zero-order valence-electron chi connectivity index (χ0n) is 10.6. The highest BCUT2D eigenvalue weighted by molar-refractivity contribution is 5.45. The van der Waals surface area contributed by atoms with Crippen molar-refractivity contribution in [2.75, 3.05) is 12.4 Å². The minimum atomic E-state index is -0.587. The monoisotopic (exact) mass is 263 g/mol. The summed E-state index contributed by atoms with van der Waals surface area (Å²) in [4.78, 5) is 0. The van der Waals surface area contributed by atoms with E-state index in [1.54, 1.807) is 7.11 Å². The molecule has 0 bridgehead atoms. The van der Waals surface area contributed by atoms with E-state index in [9.17, 15) is 8.78 Å². The highest BCUT2D eigenvalue weighted by Gasteiger charge is 2.03. The Bertz CT molecular complexity index is 540. The number of ether oxygens (including phenoxy) is 1. The summed E-state index contributed by atoms with van der Waals surface area (Å²) in [6.45, 7) is 1.05. The van der Waals surface area contributed by atoms with Gasteiger partial charge in [-0.1, -0.05) is 24.3 Å². The Labute approximate surface area is 111 Å². The van der Waals surface area contributed by atoms with Crippen LogP contribution in [0.4, 0.5) is 14.5 Å². The number of hydrogen-bond donors (Lipinski definition) is 1. The van der Waals surface area contributed by atoms with Crippen LogP contribution in [-0.4, -0.2) is 7.11 Å². The highest BCUT2D eigenvalue weighted by atomic mass is 19.1. The van der Waals surface area contributed by atoms with Crippen molar-refractivity contribution >= 4 is 5.69 Å². The predicted molar refractivity (Wildman–Crippen MR) is 70.8 cm³/mol. The number of benzene rings is 2. The lowest BCUT2D eigenvalue weighted by Gasteiger charge is -2.08. The van der Waals surface area contributed by atoms with Gasteiger partial charge in [0.05, 0.1) is 12.3 Å². The number of hydrogen-bond acceptors (Lipinski definition) is 2. The molecule has 2 nitrogen and oxygen atoms in total. The normalized spacial score (nSPS) is 10.5. The van der Waals surface area contributed by atoms with Crippen LogP contribution in [0.25, 0.3) is 0 Å². The Kier molecular flexibility index (Phi) is 4.47. The molecule has 19 heavy (non-hydrogen) atoms. The van der Waals surface area contributed by atoms with Crippen LogP contribution in [0.15, 0.2) is 42.5 Å². The van der Waals surface area contributed by atoms with Gasteiger partial charge in [-0.2, -0.15) is 0 Å². The molecule has 0 fully saturated rings. The Hall–Kier alpha value is -1.94. The minimum absolute atomic E-state index is 0.294. The molecule has 1 N–H and O–H groups in total. The lowest BCUT2D eigenvalue weighted by Crippen LogP contribution is -2.02. The Morgan fingerprint density at radius 3 is 2.32 bits per heavy atom. The molecule has 100 valence electrons. The molecule has 2 aromatic rings. The lowest BCUT2D eigenvalue weighted by molar-refractivity contribution is 0.185. The second-order valence-corrected chi connectivity index (χ2v) is 4.23. The molecule has 4 heteroatoms. The van der Waals surface area contributed by atoms with Crippen molar-refractivity contribution in [3.8, 4) is 0 Å². The van der Waals surface area contributed by atoms with Gasteiger partial charge in [0.15, 0.2) is 0 Å². The molecule has 0 saturated heterocycles. The zero-order chi connectivity index (χ0) is 13.7. The summed E-state index contributed by atoms with van der Waals surface area (Å²) < 4.78 is 31.2. The maximum Gasteiger partial charge on any atom is 0.149 e. The molecule has 0 aliphatic heterocycles. The average Bonchev–Trinajstić information content (AvgIpc) is 2.40. The first kappa shape index (κ1) is 13.5. The topological polar surface area (TPSA) is 21.3 Å². The summed E-state index contributed by atoms with van der Waals surface area (Å²) in [5, 5.41) is 2.93. The van der Waals surface area contributed by atoms with Crippen molar-refractivity contribution in [2.45, 2.75) is 13.2 Å². The van der Waals surface area contributed by atoms with Crippen LogP contribution in [0.3, 0.4) is 0 Å². The maximum atomic E-state index is 13.4. The third-order valence-corrected chi connectivity index (χ3v) is 2.75. The molecular weight excluding hydrogens is 248 g/mol. The van der Waals surface area contributed by atoms with Crippen molar-refractivity contribution in [1.82, 2.24) is 0 Å². The molecule has 0 heterocycles. The first-order valence-corrected chi connectivity index (χ1v) is 5.94. The molecule has 0 saturated carbocycles. The molecule has 0 atom stereocenters. The van der Waals surface area contributed by atoms with E-state index in [-0.39, 0.29) is 0 Å². The third-order valence-electron chi connectivity index (χ3n) is 2.75. The maximum absolute atomic E-state index is 13.4. The van der Waals surface area contributed by atoms with Gasteiger partial charge >= 0.3 is 0 Å². The molecular formula is C15H15F2NO. The van der Waals surface area contributed by atoms with Gasteiger partial charge in [0, 0.05) is 19.7 Å². The Morgan fingerprint density at radius 1 is 1.00 bits per heavy atom. The summed E-state index contributed by atoms with van der Waals surface area (Å²) in [5.74, 6) is -1.16. The lowest BCUT2D eigenvalue weighted by atomic mass is 10.1. The van der Waals surface area contributed by atoms with Gasteiger partial charge in [-0.15, -0.1) is 0 Å². The van der Waals surface area contributed by atoms with E-state index >= 15 is 0 Å². The van der Waals surface area contributed by atoms with Crippen molar-refractivity contribution in [1.29, 1.82) is 0 Å². The SMILES string of the molecule is COCc1ccc(CNc2ccc(F)cc2F)cc1. The number of rotatable bonds is 5. The van der Waals surface area contributed by atoms with Crippen LogP contribution in [0.2, 0.25) is 0 Å². The molecule has 2 rings (SSSR count). The fourth-order valence-corrected chi connectivity index (χ4v) is 1.75. The quantitative estimate of drug-likeness (QED) is 0.887.